The van der Waals surface area contributed by atoms with Crippen LogP contribution in [0.4, 0.5) is 0 Å². The van der Waals surface area contributed by atoms with Gasteiger partial charge in [0, 0.05) is 6.26 Å². The van der Waals surface area contributed by atoms with Gasteiger partial charge in [-0.2, -0.15) is 0 Å². The molecule has 0 aromatic heterocycles. The van der Waals surface area contributed by atoms with Crippen molar-refractivity contribution in [2.45, 2.75) is 103 Å². The van der Waals surface area contributed by atoms with E-state index in [-0.39, 0.29) is 0 Å². The van der Waals surface area contributed by atoms with Crippen LogP contribution in [0, 0.1) is 0 Å². The average Bonchev–Trinajstić information content (AvgIpc) is 2.51. The Morgan fingerprint density at radius 2 is 1.46 bits per heavy atom. The molecule has 2 atom stereocenters. The molecule has 1 N–H and O–H groups in total. The van der Waals surface area contributed by atoms with Crippen molar-refractivity contribution in [2.24, 2.45) is 0 Å². The van der Waals surface area contributed by atoms with Crippen LogP contribution in [0.5, 0.6) is 0 Å². The molecule has 1 heterocycles. The van der Waals surface area contributed by atoms with Crippen molar-refractivity contribution in [3.63, 3.8) is 0 Å². The Balaban J connectivity index is 0.000000922. The zero-order valence-corrected chi connectivity index (χ0v) is 17.1. The molecule has 0 radical (unpaired) electrons. The highest BCUT2D eigenvalue weighted by Gasteiger charge is 2.24. The molecule has 0 aliphatic carbocycles. The zero-order chi connectivity index (χ0) is 18.3. The number of hydrogen-bond donors (Lipinski definition) is 1. The third-order valence-corrected chi connectivity index (χ3v) is 4.89. The molecule has 1 saturated heterocycles. The molecule has 0 amide bonds. The van der Waals surface area contributed by atoms with E-state index in [0.29, 0.717) is 6.26 Å². The summed E-state index contributed by atoms with van der Waals surface area (Å²) in [4.78, 5) is 1.95. The van der Waals surface area contributed by atoms with E-state index in [2.05, 4.69) is 13.8 Å². The molecular formula is C19H41NO3S. The fourth-order valence-electron chi connectivity index (χ4n) is 3.59. The van der Waals surface area contributed by atoms with Gasteiger partial charge in [-0.1, -0.05) is 52.4 Å². The summed E-state index contributed by atoms with van der Waals surface area (Å²) in [7, 11) is -3.92. The largest absolute Gasteiger partial charge is 0.748 e. The smallest absolute Gasteiger partial charge is 0.0916 e. The molecule has 2 unspecified atom stereocenters. The second kappa shape index (κ2) is 15.2. The first-order valence-corrected chi connectivity index (χ1v) is 12.0. The Labute approximate surface area is 151 Å². The lowest BCUT2D eigenvalue weighted by atomic mass is 9.97. The van der Waals surface area contributed by atoms with Crippen LogP contribution in [0.1, 0.15) is 97.3 Å². The Bertz CT molecular complexity index is 363. The summed E-state index contributed by atoms with van der Waals surface area (Å²) in [5.74, 6) is 0. The van der Waals surface area contributed by atoms with E-state index < -0.39 is 10.1 Å². The number of piperidine rings is 1. The first-order chi connectivity index (χ1) is 11.4. The highest BCUT2D eigenvalue weighted by Crippen LogP contribution is 2.10. The molecule has 0 aromatic carbocycles. The van der Waals surface area contributed by atoms with Crippen LogP contribution >= 0.6 is 0 Å². The van der Waals surface area contributed by atoms with E-state index in [9.17, 15) is 0 Å². The minimum atomic E-state index is -3.92. The van der Waals surface area contributed by atoms with Crippen LogP contribution in [0.15, 0.2) is 0 Å². The number of unbranched alkanes of at least 4 members (excludes halogenated alkanes) is 7. The minimum Gasteiger partial charge on any atom is -0.748 e. The number of hydrogen-bond acceptors (Lipinski definition) is 3. The van der Waals surface area contributed by atoms with Gasteiger partial charge in [-0.15, -0.1) is 0 Å². The topological polar surface area (TPSA) is 61.6 Å². The van der Waals surface area contributed by atoms with Crippen molar-refractivity contribution < 1.29 is 17.9 Å². The number of rotatable bonds is 11. The Morgan fingerprint density at radius 3 is 2.04 bits per heavy atom. The lowest BCUT2D eigenvalue weighted by Gasteiger charge is -2.32. The fourth-order valence-corrected chi connectivity index (χ4v) is 3.59. The van der Waals surface area contributed by atoms with Crippen molar-refractivity contribution in [3.05, 3.63) is 0 Å². The Kier molecular flexibility index (Phi) is 15.1. The van der Waals surface area contributed by atoms with Crippen LogP contribution < -0.4 is 4.90 Å². The summed E-state index contributed by atoms with van der Waals surface area (Å²) in [6, 6.07) is 1.01. The maximum absolute atomic E-state index is 9.08. The van der Waals surface area contributed by atoms with Gasteiger partial charge in [0.25, 0.3) is 0 Å². The van der Waals surface area contributed by atoms with Gasteiger partial charge >= 0.3 is 0 Å². The molecule has 0 spiro atoms. The van der Waals surface area contributed by atoms with Gasteiger partial charge < -0.3 is 9.45 Å². The van der Waals surface area contributed by atoms with E-state index in [1.807, 2.05) is 4.90 Å². The first kappa shape index (κ1) is 23.9. The summed E-state index contributed by atoms with van der Waals surface area (Å²) >= 11 is 0. The Hall–Kier alpha value is -0.130. The molecule has 0 saturated carbocycles. The van der Waals surface area contributed by atoms with Gasteiger partial charge in [0.2, 0.25) is 0 Å². The molecule has 1 aliphatic heterocycles. The third-order valence-electron chi connectivity index (χ3n) is 4.89. The normalized spacial score (nSPS) is 21.2. The number of nitrogens with one attached hydrogen (secondary N) is 1. The van der Waals surface area contributed by atoms with Crippen molar-refractivity contribution in [1.29, 1.82) is 0 Å². The van der Waals surface area contributed by atoms with E-state index >= 15 is 0 Å². The van der Waals surface area contributed by atoms with Crippen molar-refractivity contribution in [3.8, 4) is 0 Å². The lowest BCUT2D eigenvalue weighted by molar-refractivity contribution is -0.931. The Morgan fingerprint density at radius 1 is 0.917 bits per heavy atom. The van der Waals surface area contributed by atoms with Gasteiger partial charge in [0.05, 0.1) is 29.2 Å². The van der Waals surface area contributed by atoms with Crippen molar-refractivity contribution >= 4 is 10.1 Å². The second-order valence-electron chi connectivity index (χ2n) is 7.32. The molecular weight excluding hydrogens is 322 g/mol. The van der Waals surface area contributed by atoms with Crippen molar-refractivity contribution in [1.82, 2.24) is 0 Å². The monoisotopic (exact) mass is 363 g/mol. The summed E-state index contributed by atoms with van der Waals surface area (Å²) < 4.78 is 27.2. The fraction of sp³-hybridized carbons (Fsp3) is 1.00. The van der Waals surface area contributed by atoms with Gasteiger partial charge in [0.1, 0.15) is 0 Å². The van der Waals surface area contributed by atoms with Crippen LogP contribution in [0.25, 0.3) is 0 Å². The van der Waals surface area contributed by atoms with Gasteiger partial charge in [-0.25, -0.2) is 8.42 Å². The molecule has 146 valence electrons. The van der Waals surface area contributed by atoms with Crippen LogP contribution in [0.3, 0.4) is 0 Å². The minimum absolute atomic E-state index is 0.604. The molecule has 0 bridgehead atoms. The molecule has 1 aliphatic rings. The zero-order valence-electron chi connectivity index (χ0n) is 16.3. The van der Waals surface area contributed by atoms with Crippen LogP contribution in [-0.2, 0) is 10.1 Å². The molecule has 1 rings (SSSR count). The summed E-state index contributed by atoms with van der Waals surface area (Å²) in [6.45, 7) is 7.56. The molecule has 24 heavy (non-hydrogen) atoms. The van der Waals surface area contributed by atoms with E-state index in [0.717, 1.165) is 6.04 Å². The maximum Gasteiger partial charge on any atom is 0.0916 e. The van der Waals surface area contributed by atoms with E-state index in [1.54, 1.807) is 0 Å². The van der Waals surface area contributed by atoms with Gasteiger partial charge in [-0.05, 0) is 44.9 Å². The van der Waals surface area contributed by atoms with E-state index in [4.69, 9.17) is 13.0 Å². The average molecular weight is 364 g/mol. The number of quaternary nitrogens is 1. The van der Waals surface area contributed by atoms with Crippen LogP contribution in [0.2, 0.25) is 0 Å². The predicted octanol–water partition coefficient (Wildman–Crippen LogP) is 3.53. The standard InChI is InChI=1S/C18H37N.CH4O3S/c1-3-5-7-8-9-10-12-16-19-17-13-11-15-18(19)14-6-4-2;1-5(2,3)4/h18H,3-17H2,1-2H3;1H3,(H,2,3,4). The SMILES string of the molecule is CCCCCCCCC[NH+]1CCCCC1CCCC.CS(=O)(=O)[O-]. The van der Waals surface area contributed by atoms with Crippen molar-refractivity contribution in [2.75, 3.05) is 19.3 Å². The molecule has 5 heteroatoms. The first-order valence-electron chi connectivity index (χ1n) is 10.1. The predicted molar refractivity (Wildman–Crippen MR) is 101 cm³/mol. The molecule has 4 nitrogen and oxygen atoms in total. The lowest BCUT2D eigenvalue weighted by Crippen LogP contribution is -3.16. The maximum atomic E-state index is 9.08. The highest BCUT2D eigenvalue weighted by molar-refractivity contribution is 7.84. The quantitative estimate of drug-likeness (QED) is 0.451. The summed E-state index contributed by atoms with van der Waals surface area (Å²) in [6.07, 6.45) is 19.6. The molecule has 1 fully saturated rings. The number of likely N-dealkylation sites (tertiary alicyclic amines) is 1. The van der Waals surface area contributed by atoms with Crippen LogP contribution in [-0.4, -0.2) is 38.4 Å². The van der Waals surface area contributed by atoms with Gasteiger partial charge in [-0.3, -0.25) is 0 Å². The van der Waals surface area contributed by atoms with Gasteiger partial charge in [0.15, 0.2) is 0 Å². The second-order valence-corrected chi connectivity index (χ2v) is 8.73. The molecule has 0 aromatic rings. The van der Waals surface area contributed by atoms with E-state index in [1.165, 1.54) is 96.6 Å². The third kappa shape index (κ3) is 16.7. The summed E-state index contributed by atoms with van der Waals surface area (Å²) in [5.41, 5.74) is 0. The highest BCUT2D eigenvalue weighted by atomic mass is 32.2. The summed E-state index contributed by atoms with van der Waals surface area (Å²) in [5, 5.41) is 0.